The van der Waals surface area contributed by atoms with Gasteiger partial charge in [0.15, 0.2) is 0 Å². The van der Waals surface area contributed by atoms with Crippen LogP contribution < -0.4 is 5.32 Å². The number of anilines is 2. The Morgan fingerprint density at radius 3 is 2.30 bits per heavy atom. The first kappa shape index (κ1) is 20.1. The zero-order valence-electron chi connectivity index (χ0n) is 15.8. The number of aryl methyl sites for hydroxylation is 1. The number of benzene rings is 3. The van der Waals surface area contributed by atoms with Gasteiger partial charge in [0.05, 0.1) is 10.5 Å². The molecular formula is C22H16ClFN2O3S. The molecule has 8 heteroatoms. The third-order valence-corrected chi connectivity index (χ3v) is 6.32. The van der Waals surface area contributed by atoms with Gasteiger partial charge in [0.2, 0.25) is 26.6 Å². The van der Waals surface area contributed by atoms with E-state index in [1.54, 1.807) is 42.5 Å². The highest BCUT2D eigenvalue weighted by Crippen LogP contribution is 2.35. The molecule has 5 nitrogen and oxygen atoms in total. The molecule has 0 atom stereocenters. The van der Waals surface area contributed by atoms with Crippen molar-refractivity contribution in [2.45, 2.75) is 16.8 Å². The highest BCUT2D eigenvalue weighted by Gasteiger charge is 2.29. The maximum Gasteiger partial charge on any atom is 0.238 e. The summed E-state index contributed by atoms with van der Waals surface area (Å²) in [6.07, 6.45) is 0. The summed E-state index contributed by atoms with van der Waals surface area (Å²) in [7, 11) is -4.03. The summed E-state index contributed by atoms with van der Waals surface area (Å²) in [6.45, 7) is 1.86. The van der Waals surface area contributed by atoms with Crippen molar-refractivity contribution in [1.29, 1.82) is 0 Å². The van der Waals surface area contributed by atoms with Crippen molar-refractivity contribution in [2.75, 3.05) is 5.32 Å². The van der Waals surface area contributed by atoms with Gasteiger partial charge in [-0.2, -0.15) is 4.98 Å². The van der Waals surface area contributed by atoms with Crippen molar-refractivity contribution in [3.8, 4) is 11.5 Å². The van der Waals surface area contributed by atoms with Gasteiger partial charge in [0.1, 0.15) is 5.82 Å². The number of rotatable bonds is 5. The highest BCUT2D eigenvalue weighted by molar-refractivity contribution is 7.91. The summed E-state index contributed by atoms with van der Waals surface area (Å²) in [5.74, 6) is -0.831. The number of sulfone groups is 1. The van der Waals surface area contributed by atoms with E-state index in [4.69, 9.17) is 16.0 Å². The molecule has 0 radical (unpaired) electrons. The van der Waals surface area contributed by atoms with Gasteiger partial charge in [0, 0.05) is 10.7 Å². The molecule has 30 heavy (non-hydrogen) atoms. The average Bonchev–Trinajstić information content (AvgIpc) is 3.15. The van der Waals surface area contributed by atoms with Crippen LogP contribution >= 0.6 is 11.6 Å². The van der Waals surface area contributed by atoms with Crippen LogP contribution in [0.25, 0.3) is 11.5 Å². The smallest absolute Gasteiger partial charge is 0.238 e. The largest absolute Gasteiger partial charge is 0.419 e. The molecule has 1 heterocycles. The van der Waals surface area contributed by atoms with Crippen LogP contribution in [0, 0.1) is 12.7 Å². The number of aromatic nitrogens is 1. The van der Waals surface area contributed by atoms with E-state index in [0.29, 0.717) is 10.7 Å². The zero-order chi connectivity index (χ0) is 21.3. The first-order valence-corrected chi connectivity index (χ1v) is 10.8. The number of hydrogen-bond donors (Lipinski definition) is 1. The molecule has 3 aromatic carbocycles. The summed E-state index contributed by atoms with van der Waals surface area (Å²) < 4.78 is 46.5. The molecule has 0 aliphatic heterocycles. The minimum absolute atomic E-state index is 0.0561. The van der Waals surface area contributed by atoms with Crippen LogP contribution in [0.15, 0.2) is 87.1 Å². The highest BCUT2D eigenvalue weighted by atomic mass is 35.5. The molecule has 0 saturated carbocycles. The van der Waals surface area contributed by atoms with Crippen LogP contribution in [0.1, 0.15) is 5.56 Å². The van der Waals surface area contributed by atoms with Gasteiger partial charge in [-0.1, -0.05) is 41.4 Å². The maximum atomic E-state index is 14.3. The van der Waals surface area contributed by atoms with Crippen LogP contribution in [0.5, 0.6) is 0 Å². The van der Waals surface area contributed by atoms with Crippen LogP contribution in [0.2, 0.25) is 5.02 Å². The topological polar surface area (TPSA) is 72.2 Å². The minimum atomic E-state index is -4.03. The quantitative estimate of drug-likeness (QED) is 0.409. The Morgan fingerprint density at radius 2 is 1.63 bits per heavy atom. The van der Waals surface area contributed by atoms with Crippen LogP contribution in [-0.4, -0.2) is 13.4 Å². The molecule has 152 valence electrons. The lowest BCUT2D eigenvalue weighted by Crippen LogP contribution is -2.05. The van der Waals surface area contributed by atoms with Gasteiger partial charge in [-0.05, 0) is 55.5 Å². The fourth-order valence-electron chi connectivity index (χ4n) is 2.81. The summed E-state index contributed by atoms with van der Waals surface area (Å²) in [5, 5.41) is 3.10. The van der Waals surface area contributed by atoms with E-state index >= 15 is 0 Å². The molecule has 1 N–H and O–H groups in total. The first-order valence-electron chi connectivity index (χ1n) is 8.95. The van der Waals surface area contributed by atoms with E-state index in [-0.39, 0.29) is 27.3 Å². The molecule has 4 aromatic rings. The predicted molar refractivity (Wildman–Crippen MR) is 113 cm³/mol. The van der Waals surface area contributed by atoms with Crippen LogP contribution in [0.3, 0.4) is 0 Å². The Balaban J connectivity index is 1.85. The van der Waals surface area contributed by atoms with E-state index in [2.05, 4.69) is 10.3 Å². The third kappa shape index (κ3) is 3.94. The fourth-order valence-corrected chi connectivity index (χ4v) is 4.19. The summed E-state index contributed by atoms with van der Waals surface area (Å²) in [5.41, 5.74) is 1.51. The van der Waals surface area contributed by atoms with Gasteiger partial charge in [0.25, 0.3) is 0 Å². The van der Waals surface area contributed by atoms with Crippen molar-refractivity contribution in [2.24, 2.45) is 0 Å². The van der Waals surface area contributed by atoms with Gasteiger partial charge in [-0.25, -0.2) is 12.8 Å². The third-order valence-electron chi connectivity index (χ3n) is 4.39. The van der Waals surface area contributed by atoms with Crippen molar-refractivity contribution in [3.63, 3.8) is 0 Å². The maximum absolute atomic E-state index is 14.3. The van der Waals surface area contributed by atoms with Crippen LogP contribution in [-0.2, 0) is 9.84 Å². The fraction of sp³-hybridized carbons (Fsp3) is 0.0455. The first-order chi connectivity index (χ1) is 14.3. The summed E-state index contributed by atoms with van der Waals surface area (Å²) in [4.78, 5) is 4.20. The molecule has 0 spiro atoms. The van der Waals surface area contributed by atoms with E-state index in [0.717, 1.165) is 5.56 Å². The molecule has 0 aliphatic carbocycles. The molecule has 0 aliphatic rings. The molecular weight excluding hydrogens is 427 g/mol. The lowest BCUT2D eigenvalue weighted by Gasteiger charge is -2.06. The summed E-state index contributed by atoms with van der Waals surface area (Å²) in [6, 6.07) is 18.8. The lowest BCUT2D eigenvalue weighted by molar-refractivity contribution is 0.572. The predicted octanol–water partition coefficient (Wildman–Crippen LogP) is 6.02. The molecule has 0 unspecified atom stereocenters. The molecule has 0 saturated heterocycles. The van der Waals surface area contributed by atoms with Crippen molar-refractivity contribution < 1.29 is 17.2 Å². The SMILES string of the molecule is Cc1ccc(S(=O)(=O)c2nc(-c3ccccc3F)oc2Nc2ccc(Cl)cc2)cc1. The summed E-state index contributed by atoms with van der Waals surface area (Å²) >= 11 is 5.91. The van der Waals surface area contributed by atoms with E-state index < -0.39 is 15.7 Å². The molecule has 4 rings (SSSR count). The zero-order valence-corrected chi connectivity index (χ0v) is 17.3. The second-order valence-electron chi connectivity index (χ2n) is 6.58. The van der Waals surface area contributed by atoms with E-state index in [9.17, 15) is 12.8 Å². The Morgan fingerprint density at radius 1 is 0.967 bits per heavy atom. The number of hydrogen-bond acceptors (Lipinski definition) is 5. The Hall–Kier alpha value is -3.16. The normalized spacial score (nSPS) is 11.4. The van der Waals surface area contributed by atoms with Gasteiger partial charge in [-0.15, -0.1) is 0 Å². The Kier molecular flexibility index (Phi) is 5.32. The van der Waals surface area contributed by atoms with Crippen molar-refractivity contribution in [3.05, 3.63) is 89.2 Å². The number of halogens is 2. The van der Waals surface area contributed by atoms with Gasteiger partial charge in [-0.3, -0.25) is 0 Å². The van der Waals surface area contributed by atoms with Crippen molar-refractivity contribution >= 4 is 33.0 Å². The Labute approximate surface area is 178 Å². The molecule has 0 bridgehead atoms. The number of oxazole rings is 1. The van der Waals surface area contributed by atoms with Crippen LogP contribution in [0.4, 0.5) is 16.0 Å². The lowest BCUT2D eigenvalue weighted by atomic mass is 10.2. The molecule has 1 aromatic heterocycles. The molecule has 0 amide bonds. The second kappa shape index (κ2) is 7.93. The number of nitrogens with zero attached hydrogens (tertiary/aromatic N) is 1. The van der Waals surface area contributed by atoms with Gasteiger partial charge < -0.3 is 9.73 Å². The van der Waals surface area contributed by atoms with E-state index in [1.165, 1.54) is 30.3 Å². The van der Waals surface area contributed by atoms with E-state index in [1.807, 2.05) is 6.92 Å². The Bertz CT molecular complexity index is 1300. The van der Waals surface area contributed by atoms with Crippen molar-refractivity contribution in [1.82, 2.24) is 4.98 Å². The average molecular weight is 443 g/mol. The second-order valence-corrected chi connectivity index (χ2v) is 8.88. The monoisotopic (exact) mass is 442 g/mol. The van der Waals surface area contributed by atoms with Gasteiger partial charge >= 0.3 is 0 Å². The standard InChI is InChI=1S/C22H16ClFN2O3S/c1-14-6-12-17(13-7-14)30(27,28)22-21(25-16-10-8-15(23)9-11-16)29-20(26-22)18-4-2-3-5-19(18)24/h2-13,25H,1H3. The minimum Gasteiger partial charge on any atom is -0.419 e. The number of nitrogens with one attached hydrogen (secondary N) is 1. The molecule has 0 fully saturated rings.